The quantitative estimate of drug-likeness (QED) is 0.189. The molecule has 4 aromatic rings. The number of anilines is 4. The Morgan fingerprint density at radius 3 is 2.64 bits per heavy atom. The number of aliphatic hydroxyl groups is 1. The molecule has 42 heavy (non-hydrogen) atoms. The molecule has 5 rings (SSSR count). The number of nitrogens with zero attached hydrogens (tertiary/aromatic N) is 5. The average Bonchev–Trinajstić information content (AvgIpc) is 3.43. The van der Waals surface area contributed by atoms with Crippen LogP contribution in [0.1, 0.15) is 0 Å². The third-order valence-electron chi connectivity index (χ3n) is 7.01. The van der Waals surface area contributed by atoms with Gasteiger partial charge in [-0.1, -0.05) is 12.1 Å². The van der Waals surface area contributed by atoms with Gasteiger partial charge in [-0.2, -0.15) is 0 Å². The van der Waals surface area contributed by atoms with Gasteiger partial charge in [0.1, 0.15) is 24.2 Å². The molecule has 4 heterocycles. The predicted octanol–water partition coefficient (Wildman–Crippen LogP) is 2.03. The number of H-pyrrole nitrogens is 1. The van der Waals surface area contributed by atoms with Crippen LogP contribution in [0, 0.1) is 5.82 Å². The summed E-state index contributed by atoms with van der Waals surface area (Å²) >= 11 is 0. The Balaban J connectivity index is 1.36. The summed E-state index contributed by atoms with van der Waals surface area (Å²) in [5, 5.41) is 18.0. The minimum Gasteiger partial charge on any atom is -0.387 e. The number of hydrogen-bond acceptors (Lipinski definition) is 10. The Labute approximate surface area is 241 Å². The van der Waals surface area contributed by atoms with E-state index in [1.54, 1.807) is 31.5 Å². The molecule has 0 bridgehead atoms. The number of benzene rings is 1. The molecule has 1 fully saturated rings. The Bertz CT molecular complexity index is 1560. The minimum atomic E-state index is -0.652. The first-order chi connectivity index (χ1) is 20.4. The topological polar surface area (TPSA) is 161 Å². The molecular weight excluding hydrogens is 545 g/mol. The highest BCUT2D eigenvalue weighted by Gasteiger charge is 2.29. The van der Waals surface area contributed by atoms with Crippen molar-refractivity contribution >= 4 is 45.9 Å². The number of carbonyl (C=O) groups is 2. The smallest absolute Gasteiger partial charge is 0.251 e. The van der Waals surface area contributed by atoms with Crippen molar-refractivity contribution in [2.75, 3.05) is 69.5 Å². The number of carbonyl (C=O) groups excluding carboxylic acids is 2. The highest BCUT2D eigenvalue weighted by molar-refractivity contribution is 6.06. The molecule has 1 saturated heterocycles. The second-order valence-electron chi connectivity index (χ2n) is 9.88. The number of aliphatic hydroxyl groups excluding tert-OH is 1. The van der Waals surface area contributed by atoms with Gasteiger partial charge < -0.3 is 35.7 Å². The van der Waals surface area contributed by atoms with Gasteiger partial charge in [0.2, 0.25) is 11.9 Å². The maximum atomic E-state index is 15.0. The summed E-state index contributed by atoms with van der Waals surface area (Å²) in [5.41, 5.74) is 2.26. The molecule has 1 aromatic carbocycles. The number of likely N-dealkylation sites (N-methyl/N-ethyl adjacent to an activating group) is 1. The molecule has 13 nitrogen and oxygen atoms in total. The molecule has 1 atom stereocenters. The number of ether oxygens (including phenoxy) is 1. The number of pyridine rings is 1. The Morgan fingerprint density at radius 1 is 1.12 bits per heavy atom. The molecule has 1 aliphatic heterocycles. The lowest BCUT2D eigenvalue weighted by atomic mass is 10.1. The van der Waals surface area contributed by atoms with Gasteiger partial charge in [-0.25, -0.2) is 19.3 Å². The van der Waals surface area contributed by atoms with E-state index in [0.29, 0.717) is 27.8 Å². The van der Waals surface area contributed by atoms with E-state index in [-0.39, 0.29) is 30.0 Å². The number of amides is 2. The van der Waals surface area contributed by atoms with Crippen LogP contribution in [-0.2, 0) is 14.3 Å². The number of para-hydroxylation sites is 1. The summed E-state index contributed by atoms with van der Waals surface area (Å²) in [5.74, 6) is -0.986. The van der Waals surface area contributed by atoms with Crippen molar-refractivity contribution in [1.82, 2.24) is 29.7 Å². The van der Waals surface area contributed by atoms with Crippen LogP contribution in [0.5, 0.6) is 0 Å². The van der Waals surface area contributed by atoms with Crippen molar-refractivity contribution in [3.63, 3.8) is 0 Å². The number of fused-ring (bicyclic) bond motifs is 1. The van der Waals surface area contributed by atoms with Crippen molar-refractivity contribution < 1.29 is 23.8 Å². The van der Waals surface area contributed by atoms with Crippen molar-refractivity contribution in [3.8, 4) is 11.3 Å². The fourth-order valence-corrected chi connectivity index (χ4v) is 4.78. The minimum absolute atomic E-state index is 0.0664. The summed E-state index contributed by atoms with van der Waals surface area (Å²) in [4.78, 5) is 44.7. The highest BCUT2D eigenvalue weighted by Crippen LogP contribution is 2.33. The third kappa shape index (κ3) is 6.52. The summed E-state index contributed by atoms with van der Waals surface area (Å²) in [6, 6.07) is 8.12. The highest BCUT2D eigenvalue weighted by atomic mass is 19.1. The van der Waals surface area contributed by atoms with Crippen LogP contribution in [0.4, 0.5) is 27.5 Å². The van der Waals surface area contributed by atoms with E-state index in [0.717, 1.165) is 32.4 Å². The monoisotopic (exact) mass is 577 g/mol. The molecular formula is C28H32FN9O4. The molecule has 0 spiro atoms. The van der Waals surface area contributed by atoms with Crippen LogP contribution in [-0.4, -0.2) is 106 Å². The number of rotatable bonds is 10. The van der Waals surface area contributed by atoms with Gasteiger partial charge in [-0.3, -0.25) is 14.5 Å². The van der Waals surface area contributed by atoms with E-state index in [2.05, 4.69) is 52.7 Å². The zero-order valence-corrected chi connectivity index (χ0v) is 23.2. The van der Waals surface area contributed by atoms with Gasteiger partial charge in [-0.05, 0) is 25.2 Å². The van der Waals surface area contributed by atoms with Crippen molar-refractivity contribution in [2.45, 2.75) is 6.04 Å². The lowest BCUT2D eigenvalue weighted by Gasteiger charge is -2.36. The van der Waals surface area contributed by atoms with Crippen LogP contribution < -0.4 is 16.0 Å². The lowest BCUT2D eigenvalue weighted by Crippen LogP contribution is -2.54. The Kier molecular flexibility index (Phi) is 8.97. The zero-order chi connectivity index (χ0) is 29.6. The average molecular weight is 578 g/mol. The van der Waals surface area contributed by atoms with Gasteiger partial charge in [0, 0.05) is 50.4 Å². The van der Waals surface area contributed by atoms with E-state index in [1.807, 2.05) is 6.07 Å². The van der Waals surface area contributed by atoms with Gasteiger partial charge in [0.25, 0.3) is 5.91 Å². The number of halogens is 1. The molecule has 0 radical (unpaired) electrons. The molecule has 0 aliphatic carbocycles. The van der Waals surface area contributed by atoms with Crippen LogP contribution in [0.2, 0.25) is 0 Å². The second kappa shape index (κ2) is 13.0. The molecule has 0 unspecified atom stereocenters. The number of piperazine rings is 1. The van der Waals surface area contributed by atoms with E-state index < -0.39 is 24.4 Å². The second-order valence-corrected chi connectivity index (χ2v) is 9.88. The molecule has 0 saturated carbocycles. The van der Waals surface area contributed by atoms with Gasteiger partial charge in [0.15, 0.2) is 5.82 Å². The largest absolute Gasteiger partial charge is 0.387 e. The van der Waals surface area contributed by atoms with Crippen LogP contribution in [0.3, 0.4) is 0 Å². The molecule has 5 N–H and O–H groups in total. The normalized spacial score (nSPS) is 15.0. The zero-order valence-electron chi connectivity index (χ0n) is 23.2. The maximum Gasteiger partial charge on any atom is 0.251 e. The first-order valence-electron chi connectivity index (χ1n) is 13.4. The van der Waals surface area contributed by atoms with E-state index in [4.69, 9.17) is 9.84 Å². The number of aromatic amines is 1. The first kappa shape index (κ1) is 29.0. The fourth-order valence-electron chi connectivity index (χ4n) is 4.78. The van der Waals surface area contributed by atoms with Crippen LogP contribution in [0.15, 0.2) is 48.9 Å². The van der Waals surface area contributed by atoms with Crippen molar-refractivity contribution in [1.29, 1.82) is 0 Å². The Morgan fingerprint density at radius 2 is 1.93 bits per heavy atom. The summed E-state index contributed by atoms with van der Waals surface area (Å²) < 4.78 is 20.4. The van der Waals surface area contributed by atoms with Crippen molar-refractivity contribution in [2.24, 2.45) is 0 Å². The summed E-state index contributed by atoms with van der Waals surface area (Å²) in [7, 11) is 3.64. The molecule has 14 heteroatoms. The van der Waals surface area contributed by atoms with E-state index >= 15 is 4.39 Å². The van der Waals surface area contributed by atoms with Crippen LogP contribution >= 0.6 is 0 Å². The molecule has 220 valence electrons. The molecule has 3 aromatic heterocycles. The molecule has 2 amide bonds. The third-order valence-corrected chi connectivity index (χ3v) is 7.01. The first-order valence-corrected chi connectivity index (χ1v) is 13.4. The van der Waals surface area contributed by atoms with Crippen LogP contribution in [0.25, 0.3) is 22.2 Å². The van der Waals surface area contributed by atoms with Crippen molar-refractivity contribution in [3.05, 3.63) is 54.7 Å². The van der Waals surface area contributed by atoms with E-state index in [9.17, 15) is 9.59 Å². The fraction of sp³-hybridized carbons (Fsp3) is 0.321. The molecule has 1 aliphatic rings. The summed E-state index contributed by atoms with van der Waals surface area (Å²) in [6.07, 6.45) is 4.16. The number of nitrogens with one attached hydrogen (secondary N) is 4. The van der Waals surface area contributed by atoms with Gasteiger partial charge in [0.05, 0.1) is 35.9 Å². The van der Waals surface area contributed by atoms with Gasteiger partial charge in [-0.15, -0.1) is 0 Å². The summed E-state index contributed by atoms with van der Waals surface area (Å²) in [6.45, 7) is 2.88. The maximum absolute atomic E-state index is 15.0. The standard InChI is InChI=1S/C28H32FN9O4/c1-37-8-10-38(11-9-37)22(16-42-2)27(41)34-21-5-3-4-18-19(13-31-26(18)21)25-20(29)14-32-28(36-25)33-17-6-7-23(30-12-17)35-24(40)15-39/h3-7,12-14,22,31,39H,8-11,15-16H2,1-2H3,(H,34,41)(H,30,35,40)(H,32,33,36)/t22-/m1/s1. The lowest BCUT2D eigenvalue weighted by molar-refractivity contribution is -0.124. The number of methoxy groups -OCH3 is 1. The predicted molar refractivity (Wildman–Crippen MR) is 156 cm³/mol. The SMILES string of the molecule is COC[C@H](C(=O)Nc1cccc2c(-c3nc(Nc4ccc(NC(=O)CO)nc4)ncc3F)c[nH]c12)N1CCN(C)CC1. The van der Waals surface area contributed by atoms with Gasteiger partial charge >= 0.3 is 0 Å². The van der Waals surface area contributed by atoms with E-state index in [1.165, 1.54) is 12.3 Å². The number of hydrogen-bond donors (Lipinski definition) is 5. The Hall–Kier alpha value is -4.50. The number of aromatic nitrogens is 4.